The second kappa shape index (κ2) is 6.58. The molecule has 2 N–H and O–H groups in total. The van der Waals surface area contributed by atoms with Crippen LogP contribution in [0.1, 0.15) is 25.8 Å². The van der Waals surface area contributed by atoms with Crippen LogP contribution in [0.15, 0.2) is 24.3 Å². The molecule has 1 aliphatic rings. The van der Waals surface area contributed by atoms with Crippen molar-refractivity contribution < 1.29 is 23.4 Å². The average Bonchev–Trinajstić information content (AvgIpc) is 2.46. The Morgan fingerprint density at radius 3 is 2.64 bits per heavy atom. The minimum absolute atomic E-state index is 0.0918. The van der Waals surface area contributed by atoms with E-state index in [0.29, 0.717) is 12.2 Å². The van der Waals surface area contributed by atoms with Crippen LogP contribution in [0.4, 0.5) is 19.3 Å². The number of nitrogens with one attached hydrogen (secondary N) is 1. The summed E-state index contributed by atoms with van der Waals surface area (Å²) < 4.78 is 30.6. The van der Waals surface area contributed by atoms with Crippen LogP contribution in [-0.4, -0.2) is 47.4 Å². The number of aliphatic hydroxyl groups is 1. The predicted molar refractivity (Wildman–Crippen MR) is 78.0 cm³/mol. The van der Waals surface area contributed by atoms with E-state index in [9.17, 15) is 18.7 Å². The average molecular weight is 314 g/mol. The first kappa shape index (κ1) is 16.6. The van der Waals surface area contributed by atoms with Gasteiger partial charge in [-0.3, -0.25) is 0 Å². The molecule has 122 valence electrons. The predicted octanol–water partition coefficient (Wildman–Crippen LogP) is 2.63. The summed E-state index contributed by atoms with van der Waals surface area (Å²) in [4.78, 5) is 13.8. The SMILES string of the molecule is CC1(C)CN(C(=O)Nc2ccc(C(F)F)cc2)CC(CO)O1. The molecule has 1 aromatic rings. The van der Waals surface area contributed by atoms with Gasteiger partial charge in [0.2, 0.25) is 0 Å². The number of carbonyl (C=O) groups is 1. The molecule has 22 heavy (non-hydrogen) atoms. The first-order chi connectivity index (χ1) is 10.3. The Hall–Kier alpha value is -1.73. The summed E-state index contributed by atoms with van der Waals surface area (Å²) in [6.07, 6.45) is -2.97. The number of hydrogen-bond acceptors (Lipinski definition) is 3. The third-order valence-corrected chi connectivity index (χ3v) is 3.39. The molecule has 1 atom stereocenters. The number of amides is 2. The van der Waals surface area contributed by atoms with E-state index in [1.54, 1.807) is 4.90 Å². The maximum Gasteiger partial charge on any atom is 0.322 e. The number of morpholine rings is 1. The van der Waals surface area contributed by atoms with Crippen molar-refractivity contribution in [1.29, 1.82) is 0 Å². The fraction of sp³-hybridized carbons (Fsp3) is 0.533. The summed E-state index contributed by atoms with van der Waals surface area (Å²) in [5, 5.41) is 11.9. The highest BCUT2D eigenvalue weighted by atomic mass is 19.3. The standard InChI is InChI=1S/C15H20F2N2O3/c1-15(2)9-19(7-12(8-20)22-15)14(21)18-11-5-3-10(4-6-11)13(16)17/h3-6,12-13,20H,7-9H2,1-2H3,(H,18,21). The molecule has 1 fully saturated rings. The summed E-state index contributed by atoms with van der Waals surface area (Å²) >= 11 is 0. The van der Waals surface area contributed by atoms with Gasteiger partial charge in [-0.15, -0.1) is 0 Å². The Labute approximate surface area is 127 Å². The highest BCUT2D eigenvalue weighted by Gasteiger charge is 2.35. The zero-order valence-electron chi connectivity index (χ0n) is 12.6. The summed E-state index contributed by atoms with van der Waals surface area (Å²) in [6, 6.07) is 5.09. The van der Waals surface area contributed by atoms with Crippen molar-refractivity contribution in [2.24, 2.45) is 0 Å². The maximum atomic E-state index is 12.5. The van der Waals surface area contributed by atoms with Crippen LogP contribution in [0, 0.1) is 0 Å². The van der Waals surface area contributed by atoms with Crippen LogP contribution in [-0.2, 0) is 4.74 Å². The zero-order valence-corrected chi connectivity index (χ0v) is 12.6. The van der Waals surface area contributed by atoms with E-state index < -0.39 is 18.1 Å². The van der Waals surface area contributed by atoms with Gasteiger partial charge in [0.25, 0.3) is 6.43 Å². The minimum atomic E-state index is -2.53. The molecule has 0 radical (unpaired) electrons. The molecule has 0 spiro atoms. The second-order valence-corrected chi connectivity index (χ2v) is 5.92. The summed E-state index contributed by atoms with van der Waals surface area (Å²) in [5.74, 6) is 0. The van der Waals surface area contributed by atoms with Gasteiger partial charge < -0.3 is 20.1 Å². The van der Waals surface area contributed by atoms with Crippen molar-refractivity contribution in [2.75, 3.05) is 25.0 Å². The molecule has 1 heterocycles. The van der Waals surface area contributed by atoms with Crippen molar-refractivity contribution in [1.82, 2.24) is 4.90 Å². The number of halogens is 2. The number of hydrogen-bond donors (Lipinski definition) is 2. The summed E-state index contributed by atoms with van der Waals surface area (Å²) in [6.45, 7) is 4.17. The fourth-order valence-electron chi connectivity index (χ4n) is 2.46. The van der Waals surface area contributed by atoms with Gasteiger partial charge >= 0.3 is 6.03 Å². The third-order valence-electron chi connectivity index (χ3n) is 3.39. The number of anilines is 1. The Morgan fingerprint density at radius 2 is 2.09 bits per heavy atom. The number of aliphatic hydroxyl groups excluding tert-OH is 1. The molecule has 0 bridgehead atoms. The van der Waals surface area contributed by atoms with Crippen LogP contribution in [0.5, 0.6) is 0 Å². The van der Waals surface area contributed by atoms with Crippen LogP contribution >= 0.6 is 0 Å². The van der Waals surface area contributed by atoms with Gasteiger partial charge in [0.15, 0.2) is 0 Å². The van der Waals surface area contributed by atoms with E-state index in [2.05, 4.69) is 5.32 Å². The van der Waals surface area contributed by atoms with E-state index in [1.165, 1.54) is 24.3 Å². The Balaban J connectivity index is 2.01. The first-order valence-electron chi connectivity index (χ1n) is 7.03. The Kier molecular flexibility index (Phi) is 4.97. The van der Waals surface area contributed by atoms with Crippen LogP contribution in [0.2, 0.25) is 0 Å². The molecule has 0 saturated carbocycles. The van der Waals surface area contributed by atoms with Gasteiger partial charge in [-0.05, 0) is 26.0 Å². The lowest BCUT2D eigenvalue weighted by molar-refractivity contribution is -0.137. The highest BCUT2D eigenvalue weighted by Crippen LogP contribution is 2.23. The van der Waals surface area contributed by atoms with Crippen molar-refractivity contribution in [3.05, 3.63) is 29.8 Å². The molecular weight excluding hydrogens is 294 g/mol. The Bertz CT molecular complexity index is 520. The first-order valence-corrected chi connectivity index (χ1v) is 7.03. The molecule has 1 aromatic carbocycles. The molecule has 2 amide bonds. The molecule has 1 unspecified atom stereocenters. The quantitative estimate of drug-likeness (QED) is 0.901. The highest BCUT2D eigenvalue weighted by molar-refractivity contribution is 5.89. The van der Waals surface area contributed by atoms with Gasteiger partial charge in [-0.25, -0.2) is 13.6 Å². The molecule has 5 nitrogen and oxygen atoms in total. The minimum Gasteiger partial charge on any atom is -0.394 e. The third kappa shape index (κ3) is 4.14. The smallest absolute Gasteiger partial charge is 0.322 e. The summed E-state index contributed by atoms with van der Waals surface area (Å²) in [7, 11) is 0. The topological polar surface area (TPSA) is 61.8 Å². The van der Waals surface area contributed by atoms with E-state index in [1.807, 2.05) is 13.8 Å². The molecule has 1 aliphatic heterocycles. The largest absolute Gasteiger partial charge is 0.394 e. The van der Waals surface area contributed by atoms with E-state index in [4.69, 9.17) is 4.74 Å². The maximum absolute atomic E-state index is 12.5. The van der Waals surface area contributed by atoms with Gasteiger partial charge in [0, 0.05) is 11.3 Å². The van der Waals surface area contributed by atoms with E-state index in [-0.39, 0.29) is 24.7 Å². The molecule has 0 aromatic heterocycles. The normalized spacial score (nSPS) is 21.0. The lowest BCUT2D eigenvalue weighted by Gasteiger charge is -2.42. The summed E-state index contributed by atoms with van der Waals surface area (Å²) in [5.41, 5.74) is -0.201. The van der Waals surface area contributed by atoms with Gasteiger partial charge in [0.1, 0.15) is 0 Å². The number of nitrogens with zero attached hydrogens (tertiary/aromatic N) is 1. The van der Waals surface area contributed by atoms with Crippen LogP contribution in [0.3, 0.4) is 0 Å². The second-order valence-electron chi connectivity index (χ2n) is 5.92. The van der Waals surface area contributed by atoms with Crippen molar-refractivity contribution in [3.8, 4) is 0 Å². The molecule has 0 aliphatic carbocycles. The van der Waals surface area contributed by atoms with Crippen LogP contribution < -0.4 is 5.32 Å². The number of alkyl halides is 2. The number of carbonyl (C=O) groups excluding carboxylic acids is 1. The van der Waals surface area contributed by atoms with Gasteiger partial charge in [-0.1, -0.05) is 12.1 Å². The number of ether oxygens (including phenoxy) is 1. The van der Waals surface area contributed by atoms with Crippen molar-refractivity contribution >= 4 is 11.7 Å². The number of urea groups is 1. The zero-order chi connectivity index (χ0) is 16.3. The monoisotopic (exact) mass is 314 g/mol. The molecule has 2 rings (SSSR count). The lowest BCUT2D eigenvalue weighted by Crippen LogP contribution is -2.56. The van der Waals surface area contributed by atoms with Gasteiger partial charge in [0.05, 0.1) is 31.4 Å². The fourth-order valence-corrected chi connectivity index (χ4v) is 2.46. The molecule has 1 saturated heterocycles. The molecular formula is C15H20F2N2O3. The number of benzene rings is 1. The number of rotatable bonds is 3. The lowest BCUT2D eigenvalue weighted by atomic mass is 10.1. The van der Waals surface area contributed by atoms with Crippen LogP contribution in [0.25, 0.3) is 0 Å². The van der Waals surface area contributed by atoms with E-state index >= 15 is 0 Å². The molecule has 7 heteroatoms. The Morgan fingerprint density at radius 1 is 1.45 bits per heavy atom. The van der Waals surface area contributed by atoms with Crippen molar-refractivity contribution in [3.63, 3.8) is 0 Å². The van der Waals surface area contributed by atoms with Gasteiger partial charge in [-0.2, -0.15) is 0 Å². The van der Waals surface area contributed by atoms with E-state index in [0.717, 1.165) is 0 Å². The van der Waals surface area contributed by atoms with Crippen molar-refractivity contribution in [2.45, 2.75) is 32.0 Å².